The highest BCUT2D eigenvalue weighted by atomic mass is 19.1. The molecule has 1 fully saturated rings. The molecule has 1 aromatic carbocycles. The quantitative estimate of drug-likeness (QED) is 0.816. The highest BCUT2D eigenvalue weighted by molar-refractivity contribution is 5.72. The third kappa shape index (κ3) is 3.53. The summed E-state index contributed by atoms with van der Waals surface area (Å²) in [4.78, 5) is 11.7. The maximum Gasteiger partial charge on any atom is 0.310 e. The summed E-state index contributed by atoms with van der Waals surface area (Å²) in [6.45, 7) is 1.89. The van der Waals surface area contributed by atoms with Crippen molar-refractivity contribution in [1.82, 2.24) is 5.32 Å². The molecule has 1 unspecified atom stereocenters. The zero-order valence-corrected chi connectivity index (χ0v) is 9.62. The van der Waals surface area contributed by atoms with E-state index >= 15 is 0 Å². The van der Waals surface area contributed by atoms with Gasteiger partial charge in [0.15, 0.2) is 0 Å². The van der Waals surface area contributed by atoms with E-state index < -0.39 is 0 Å². The summed E-state index contributed by atoms with van der Waals surface area (Å²) in [6.07, 6.45) is 1.89. The van der Waals surface area contributed by atoms with Crippen LogP contribution in [0.25, 0.3) is 0 Å². The van der Waals surface area contributed by atoms with Crippen LogP contribution in [0.3, 0.4) is 0 Å². The highest BCUT2D eigenvalue weighted by Gasteiger charge is 2.22. The van der Waals surface area contributed by atoms with Gasteiger partial charge < -0.3 is 10.1 Å². The maximum absolute atomic E-state index is 12.7. The molecule has 4 heteroatoms. The molecule has 1 heterocycles. The highest BCUT2D eigenvalue weighted by Crippen LogP contribution is 2.13. The van der Waals surface area contributed by atoms with Crippen LogP contribution in [-0.4, -0.2) is 19.1 Å². The van der Waals surface area contributed by atoms with Gasteiger partial charge in [-0.1, -0.05) is 12.1 Å². The lowest BCUT2D eigenvalue weighted by Gasteiger charge is -2.21. The van der Waals surface area contributed by atoms with E-state index in [0.717, 1.165) is 24.9 Å². The van der Waals surface area contributed by atoms with Crippen LogP contribution < -0.4 is 5.32 Å². The van der Waals surface area contributed by atoms with Gasteiger partial charge in [0.25, 0.3) is 0 Å². The van der Waals surface area contributed by atoms with Crippen molar-refractivity contribution in [2.24, 2.45) is 5.92 Å². The number of hydrogen-bond donors (Lipinski definition) is 1. The molecule has 0 bridgehead atoms. The zero-order chi connectivity index (χ0) is 12.1. The normalized spacial score (nSPS) is 19.9. The number of benzene rings is 1. The van der Waals surface area contributed by atoms with E-state index in [0.29, 0.717) is 6.54 Å². The topological polar surface area (TPSA) is 38.3 Å². The van der Waals surface area contributed by atoms with Gasteiger partial charge in [0.2, 0.25) is 0 Å². The summed E-state index contributed by atoms with van der Waals surface area (Å²) >= 11 is 0. The average molecular weight is 237 g/mol. The van der Waals surface area contributed by atoms with Crippen molar-refractivity contribution in [2.45, 2.75) is 19.4 Å². The van der Waals surface area contributed by atoms with Crippen molar-refractivity contribution in [3.63, 3.8) is 0 Å². The van der Waals surface area contributed by atoms with Gasteiger partial charge in [0, 0.05) is 6.54 Å². The number of ether oxygens (including phenoxy) is 1. The molecule has 1 saturated heterocycles. The first-order valence-corrected chi connectivity index (χ1v) is 5.87. The van der Waals surface area contributed by atoms with Crippen LogP contribution >= 0.6 is 0 Å². The minimum Gasteiger partial charge on any atom is -0.461 e. The van der Waals surface area contributed by atoms with E-state index in [4.69, 9.17) is 4.74 Å². The fourth-order valence-corrected chi connectivity index (χ4v) is 1.91. The smallest absolute Gasteiger partial charge is 0.310 e. The van der Waals surface area contributed by atoms with Crippen LogP contribution in [0.4, 0.5) is 4.39 Å². The van der Waals surface area contributed by atoms with Crippen molar-refractivity contribution >= 4 is 5.97 Å². The van der Waals surface area contributed by atoms with E-state index in [2.05, 4.69) is 5.32 Å². The van der Waals surface area contributed by atoms with Gasteiger partial charge in [0.05, 0.1) is 5.92 Å². The summed E-state index contributed by atoms with van der Waals surface area (Å²) in [7, 11) is 0. The molecule has 0 aliphatic carbocycles. The Labute approximate surface area is 100.0 Å². The predicted molar refractivity (Wildman–Crippen MR) is 61.8 cm³/mol. The van der Waals surface area contributed by atoms with Gasteiger partial charge in [0.1, 0.15) is 12.4 Å². The third-order valence-corrected chi connectivity index (χ3v) is 2.92. The Morgan fingerprint density at radius 2 is 2.18 bits per heavy atom. The van der Waals surface area contributed by atoms with Gasteiger partial charge in [-0.3, -0.25) is 4.79 Å². The summed E-state index contributed by atoms with van der Waals surface area (Å²) in [5, 5.41) is 3.17. The van der Waals surface area contributed by atoms with Crippen LogP contribution in [0, 0.1) is 11.7 Å². The number of hydrogen-bond acceptors (Lipinski definition) is 3. The SMILES string of the molecule is O=C(OCc1ccc(F)cc1)C1CCCNC1. The minimum absolute atomic E-state index is 0.0378. The largest absolute Gasteiger partial charge is 0.461 e. The number of esters is 1. The van der Waals surface area contributed by atoms with E-state index in [1.165, 1.54) is 12.1 Å². The summed E-state index contributed by atoms with van der Waals surface area (Å²) in [6, 6.07) is 5.99. The van der Waals surface area contributed by atoms with Crippen LogP contribution in [-0.2, 0) is 16.1 Å². The van der Waals surface area contributed by atoms with Gasteiger partial charge in [-0.15, -0.1) is 0 Å². The summed E-state index contributed by atoms with van der Waals surface area (Å²) in [5.41, 5.74) is 0.809. The minimum atomic E-state index is -0.281. The Bertz CT molecular complexity index is 372. The summed E-state index contributed by atoms with van der Waals surface area (Å²) in [5.74, 6) is -0.484. The first-order chi connectivity index (χ1) is 8.25. The first-order valence-electron chi connectivity index (χ1n) is 5.87. The van der Waals surface area contributed by atoms with Crippen LogP contribution in [0.15, 0.2) is 24.3 Å². The Kier molecular flexibility index (Phi) is 4.09. The molecule has 2 rings (SSSR count). The second-order valence-electron chi connectivity index (χ2n) is 4.28. The second kappa shape index (κ2) is 5.77. The van der Waals surface area contributed by atoms with Crippen molar-refractivity contribution in [1.29, 1.82) is 0 Å². The molecule has 17 heavy (non-hydrogen) atoms. The molecule has 0 radical (unpaired) electrons. The maximum atomic E-state index is 12.7. The molecule has 0 spiro atoms. The van der Waals surface area contributed by atoms with Crippen molar-refractivity contribution in [2.75, 3.05) is 13.1 Å². The van der Waals surface area contributed by atoms with E-state index in [-0.39, 0.29) is 24.3 Å². The van der Waals surface area contributed by atoms with Crippen LogP contribution in [0.5, 0.6) is 0 Å². The molecule has 3 nitrogen and oxygen atoms in total. The molecular weight excluding hydrogens is 221 g/mol. The van der Waals surface area contributed by atoms with Gasteiger partial charge in [-0.05, 0) is 37.1 Å². The number of carbonyl (C=O) groups is 1. The summed E-state index contributed by atoms with van der Waals surface area (Å²) < 4.78 is 17.9. The molecule has 1 aromatic rings. The van der Waals surface area contributed by atoms with Crippen molar-refractivity contribution in [3.8, 4) is 0 Å². The lowest BCUT2D eigenvalue weighted by atomic mass is 10.0. The van der Waals surface area contributed by atoms with Crippen LogP contribution in [0.2, 0.25) is 0 Å². The molecule has 1 N–H and O–H groups in total. The van der Waals surface area contributed by atoms with Crippen molar-refractivity contribution < 1.29 is 13.9 Å². The van der Waals surface area contributed by atoms with Crippen molar-refractivity contribution in [3.05, 3.63) is 35.6 Å². The Hall–Kier alpha value is -1.42. The van der Waals surface area contributed by atoms with Gasteiger partial charge in [-0.2, -0.15) is 0 Å². The van der Waals surface area contributed by atoms with Gasteiger partial charge in [-0.25, -0.2) is 4.39 Å². The first kappa shape index (κ1) is 12.0. The second-order valence-corrected chi connectivity index (χ2v) is 4.28. The van der Waals surface area contributed by atoms with Gasteiger partial charge >= 0.3 is 5.97 Å². The number of nitrogens with one attached hydrogen (secondary N) is 1. The number of piperidine rings is 1. The Morgan fingerprint density at radius 1 is 1.41 bits per heavy atom. The number of carbonyl (C=O) groups excluding carboxylic acids is 1. The lowest BCUT2D eigenvalue weighted by Crippen LogP contribution is -2.35. The predicted octanol–water partition coefficient (Wildman–Crippen LogP) is 1.87. The molecule has 0 saturated carbocycles. The van der Waals surface area contributed by atoms with Crippen LogP contribution in [0.1, 0.15) is 18.4 Å². The molecular formula is C13H16FNO2. The average Bonchev–Trinajstić information content (AvgIpc) is 2.39. The molecule has 1 aliphatic heterocycles. The molecule has 1 atom stereocenters. The monoisotopic (exact) mass is 237 g/mol. The van der Waals surface area contributed by atoms with E-state index in [1.54, 1.807) is 12.1 Å². The number of halogens is 1. The Balaban J connectivity index is 1.81. The Morgan fingerprint density at radius 3 is 2.82 bits per heavy atom. The zero-order valence-electron chi connectivity index (χ0n) is 9.62. The van der Waals surface area contributed by atoms with E-state index in [9.17, 15) is 9.18 Å². The fraction of sp³-hybridized carbons (Fsp3) is 0.462. The molecule has 1 aliphatic rings. The molecule has 92 valence electrons. The molecule has 0 aromatic heterocycles. The lowest BCUT2D eigenvalue weighted by molar-refractivity contribution is -0.150. The number of rotatable bonds is 3. The van der Waals surface area contributed by atoms with E-state index in [1.807, 2.05) is 0 Å². The molecule has 0 amide bonds. The standard InChI is InChI=1S/C13H16FNO2/c14-12-5-3-10(4-6-12)9-17-13(16)11-2-1-7-15-8-11/h3-6,11,15H,1-2,7-9H2. The third-order valence-electron chi connectivity index (χ3n) is 2.92. The fourth-order valence-electron chi connectivity index (χ4n) is 1.91.